The van der Waals surface area contributed by atoms with E-state index in [9.17, 15) is 26.4 Å². The first-order chi connectivity index (χ1) is 10.5. The number of nitrogens with zero attached hydrogens (tertiary/aromatic N) is 1. The van der Waals surface area contributed by atoms with Gasteiger partial charge in [-0.1, -0.05) is 6.07 Å². The third-order valence-corrected chi connectivity index (χ3v) is 4.68. The van der Waals surface area contributed by atoms with Crippen LogP contribution in [0.15, 0.2) is 29.2 Å². The van der Waals surface area contributed by atoms with Crippen molar-refractivity contribution < 1.29 is 26.4 Å². The summed E-state index contributed by atoms with van der Waals surface area (Å²) in [6, 6.07) is 3.00. The van der Waals surface area contributed by atoms with E-state index in [1.807, 2.05) is 4.72 Å². The minimum Gasteiger partial charge on any atom is -0.341 e. The van der Waals surface area contributed by atoms with Crippen molar-refractivity contribution in [3.8, 4) is 0 Å². The average molecular weight is 353 g/mol. The SMILES string of the molecule is CC(CN)N(C)C(=O)CNS(=O)(=O)c1cccc(C(F)(F)F)c1. The largest absolute Gasteiger partial charge is 0.416 e. The summed E-state index contributed by atoms with van der Waals surface area (Å²) in [4.78, 5) is 12.5. The fraction of sp³-hybridized carbons (Fsp3) is 0.462. The molecule has 0 fully saturated rings. The van der Waals surface area contributed by atoms with Crippen molar-refractivity contribution in [3.63, 3.8) is 0 Å². The number of hydrogen-bond acceptors (Lipinski definition) is 4. The molecule has 0 saturated carbocycles. The Kier molecular flexibility index (Phi) is 6.14. The molecular formula is C13H18F3N3O3S. The van der Waals surface area contributed by atoms with Gasteiger partial charge >= 0.3 is 6.18 Å². The molecule has 0 saturated heterocycles. The van der Waals surface area contributed by atoms with E-state index in [1.54, 1.807) is 6.92 Å². The molecule has 0 bridgehead atoms. The summed E-state index contributed by atoms with van der Waals surface area (Å²) in [5, 5.41) is 0. The summed E-state index contributed by atoms with van der Waals surface area (Å²) in [5.74, 6) is -0.543. The summed E-state index contributed by atoms with van der Waals surface area (Å²) in [5.41, 5.74) is 4.32. The smallest absolute Gasteiger partial charge is 0.341 e. The van der Waals surface area contributed by atoms with E-state index in [2.05, 4.69) is 0 Å². The first kappa shape index (κ1) is 19.4. The lowest BCUT2D eigenvalue weighted by Gasteiger charge is -2.23. The number of halogens is 3. The van der Waals surface area contributed by atoms with Crippen LogP contribution in [-0.2, 0) is 21.0 Å². The molecule has 6 nitrogen and oxygen atoms in total. The van der Waals surface area contributed by atoms with Crippen molar-refractivity contribution in [2.75, 3.05) is 20.1 Å². The van der Waals surface area contributed by atoms with Crippen molar-refractivity contribution in [1.82, 2.24) is 9.62 Å². The minimum absolute atomic E-state index is 0.197. The molecule has 1 atom stereocenters. The highest BCUT2D eigenvalue weighted by Gasteiger charge is 2.31. The van der Waals surface area contributed by atoms with Crippen LogP contribution in [0.2, 0.25) is 0 Å². The Morgan fingerprint density at radius 1 is 1.39 bits per heavy atom. The second-order valence-corrected chi connectivity index (χ2v) is 6.71. The number of amides is 1. The summed E-state index contributed by atoms with van der Waals surface area (Å²) >= 11 is 0. The molecular weight excluding hydrogens is 335 g/mol. The molecule has 0 heterocycles. The summed E-state index contributed by atoms with van der Waals surface area (Å²) < 4.78 is 63.8. The lowest BCUT2D eigenvalue weighted by atomic mass is 10.2. The fourth-order valence-corrected chi connectivity index (χ4v) is 2.63. The highest BCUT2D eigenvalue weighted by atomic mass is 32.2. The number of rotatable bonds is 6. The molecule has 0 radical (unpaired) electrons. The standard InChI is InChI=1S/C13H18F3N3O3S/c1-9(7-17)19(2)12(20)8-18-23(21,22)11-5-3-4-10(6-11)13(14,15)16/h3-6,9,18H,7-8,17H2,1-2H3. The van der Waals surface area contributed by atoms with E-state index in [0.29, 0.717) is 6.07 Å². The second kappa shape index (κ2) is 7.28. The van der Waals surface area contributed by atoms with Crippen LogP contribution >= 0.6 is 0 Å². The highest BCUT2D eigenvalue weighted by Crippen LogP contribution is 2.30. The van der Waals surface area contributed by atoms with E-state index in [4.69, 9.17) is 5.73 Å². The Morgan fingerprint density at radius 3 is 2.52 bits per heavy atom. The quantitative estimate of drug-likeness (QED) is 0.791. The van der Waals surface area contributed by atoms with Crippen LogP contribution in [0.1, 0.15) is 12.5 Å². The number of hydrogen-bond donors (Lipinski definition) is 2. The van der Waals surface area contributed by atoms with Crippen molar-refractivity contribution in [3.05, 3.63) is 29.8 Å². The lowest BCUT2D eigenvalue weighted by molar-refractivity contribution is -0.137. The van der Waals surface area contributed by atoms with Crippen molar-refractivity contribution >= 4 is 15.9 Å². The third-order valence-electron chi connectivity index (χ3n) is 3.28. The third kappa shape index (κ3) is 5.19. The average Bonchev–Trinajstić information content (AvgIpc) is 2.50. The van der Waals surface area contributed by atoms with Gasteiger partial charge in [0.2, 0.25) is 15.9 Å². The Hall–Kier alpha value is -1.65. The van der Waals surface area contributed by atoms with Crippen molar-refractivity contribution in [1.29, 1.82) is 0 Å². The van der Waals surface area contributed by atoms with Gasteiger partial charge in [-0.25, -0.2) is 13.1 Å². The molecule has 1 aromatic rings. The molecule has 0 aliphatic heterocycles. The number of sulfonamides is 1. The second-order valence-electron chi connectivity index (χ2n) is 4.94. The first-order valence-electron chi connectivity index (χ1n) is 6.61. The molecule has 3 N–H and O–H groups in total. The van der Waals surface area contributed by atoms with Gasteiger partial charge in [-0.2, -0.15) is 13.2 Å². The molecule has 0 spiro atoms. The van der Waals surface area contributed by atoms with Crippen LogP contribution in [0.3, 0.4) is 0 Å². The van der Waals surface area contributed by atoms with E-state index < -0.39 is 39.1 Å². The molecule has 1 rings (SSSR count). The van der Waals surface area contributed by atoms with Crippen LogP contribution in [-0.4, -0.2) is 45.4 Å². The highest BCUT2D eigenvalue weighted by molar-refractivity contribution is 7.89. The van der Waals surface area contributed by atoms with Gasteiger partial charge in [-0.05, 0) is 25.1 Å². The molecule has 0 aliphatic carbocycles. The number of alkyl halides is 3. The number of nitrogens with one attached hydrogen (secondary N) is 1. The van der Waals surface area contributed by atoms with Crippen LogP contribution in [0.4, 0.5) is 13.2 Å². The van der Waals surface area contributed by atoms with Crippen LogP contribution in [0, 0.1) is 0 Å². The van der Waals surface area contributed by atoms with Crippen molar-refractivity contribution in [2.45, 2.75) is 24.0 Å². The zero-order valence-electron chi connectivity index (χ0n) is 12.6. The predicted octanol–water partition coefficient (Wildman–Crippen LogP) is 0.789. The Bertz CT molecular complexity index is 662. The maximum Gasteiger partial charge on any atom is 0.416 e. The number of carbonyl (C=O) groups is 1. The summed E-state index contributed by atoms with van der Waals surface area (Å²) in [6.45, 7) is 1.31. The molecule has 1 aromatic carbocycles. The monoisotopic (exact) mass is 353 g/mol. The topological polar surface area (TPSA) is 92.5 Å². The lowest BCUT2D eigenvalue weighted by Crippen LogP contribution is -2.44. The minimum atomic E-state index is -4.65. The maximum atomic E-state index is 12.6. The molecule has 23 heavy (non-hydrogen) atoms. The zero-order valence-corrected chi connectivity index (χ0v) is 13.4. The van der Waals surface area contributed by atoms with E-state index in [-0.39, 0.29) is 12.6 Å². The van der Waals surface area contributed by atoms with Gasteiger partial charge in [0.1, 0.15) is 0 Å². The van der Waals surface area contributed by atoms with Crippen LogP contribution in [0.25, 0.3) is 0 Å². The number of carbonyl (C=O) groups excluding carboxylic acids is 1. The Balaban J connectivity index is 2.87. The maximum absolute atomic E-state index is 12.6. The first-order valence-corrected chi connectivity index (χ1v) is 8.10. The van der Waals surface area contributed by atoms with Crippen molar-refractivity contribution in [2.24, 2.45) is 5.73 Å². The summed E-state index contributed by atoms with van der Waals surface area (Å²) in [7, 11) is -2.78. The van der Waals surface area contributed by atoms with Gasteiger partial charge in [0.05, 0.1) is 17.0 Å². The number of benzene rings is 1. The molecule has 130 valence electrons. The van der Waals surface area contributed by atoms with Gasteiger partial charge in [-0.3, -0.25) is 4.79 Å². The molecule has 1 amide bonds. The van der Waals surface area contributed by atoms with Gasteiger partial charge in [-0.15, -0.1) is 0 Å². The molecule has 0 aliphatic rings. The fourth-order valence-electron chi connectivity index (χ4n) is 1.61. The normalized spacial score (nSPS) is 13.7. The van der Waals surface area contributed by atoms with Gasteiger partial charge < -0.3 is 10.6 Å². The summed E-state index contributed by atoms with van der Waals surface area (Å²) in [6.07, 6.45) is -4.65. The van der Waals surface area contributed by atoms with E-state index in [1.165, 1.54) is 11.9 Å². The van der Waals surface area contributed by atoms with E-state index in [0.717, 1.165) is 18.2 Å². The molecule has 1 unspecified atom stereocenters. The van der Waals surface area contributed by atoms with Crippen LogP contribution in [0.5, 0.6) is 0 Å². The predicted molar refractivity (Wildman–Crippen MR) is 77.9 cm³/mol. The molecule has 10 heteroatoms. The molecule has 0 aromatic heterocycles. The number of nitrogens with two attached hydrogens (primary N) is 1. The van der Waals surface area contributed by atoms with Gasteiger partial charge in [0, 0.05) is 19.6 Å². The Labute approximate surface area is 132 Å². The van der Waals surface area contributed by atoms with Gasteiger partial charge in [0.25, 0.3) is 0 Å². The van der Waals surface area contributed by atoms with Crippen LogP contribution < -0.4 is 10.5 Å². The van der Waals surface area contributed by atoms with Gasteiger partial charge in [0.15, 0.2) is 0 Å². The Morgan fingerprint density at radius 2 is 2.00 bits per heavy atom. The number of likely N-dealkylation sites (N-methyl/N-ethyl adjacent to an activating group) is 1. The van der Waals surface area contributed by atoms with E-state index >= 15 is 0 Å². The zero-order chi connectivity index (χ0) is 17.8.